The first-order valence-electron chi connectivity index (χ1n) is 10.5. The second-order valence-corrected chi connectivity index (χ2v) is 8.57. The summed E-state index contributed by atoms with van der Waals surface area (Å²) in [6.45, 7) is 3.85. The molecular weight excluding hydrogens is 408 g/mol. The van der Waals surface area contributed by atoms with Crippen molar-refractivity contribution >= 4 is 44.6 Å². The van der Waals surface area contributed by atoms with Gasteiger partial charge in [0, 0.05) is 45.4 Å². The minimum Gasteiger partial charge on any atom is -0.372 e. The molecule has 7 heteroatoms. The fourth-order valence-corrected chi connectivity index (χ4v) is 4.75. The van der Waals surface area contributed by atoms with Crippen LogP contribution in [0.3, 0.4) is 0 Å². The minimum absolute atomic E-state index is 0.131. The predicted octanol–water partition coefficient (Wildman–Crippen LogP) is 4.16. The van der Waals surface area contributed by atoms with Gasteiger partial charge in [-0.15, -0.1) is 11.3 Å². The third-order valence-electron chi connectivity index (χ3n) is 5.48. The Balaban J connectivity index is 1.29. The maximum Gasteiger partial charge on any atom is 0.259 e. The smallest absolute Gasteiger partial charge is 0.259 e. The lowest BCUT2D eigenvalue weighted by Gasteiger charge is -2.28. The normalized spacial score (nSPS) is 14.5. The molecule has 0 bridgehead atoms. The average Bonchev–Trinajstić information content (AvgIpc) is 3.26. The molecule has 2 amide bonds. The number of hydrogen-bond acceptors (Lipinski definition) is 5. The number of rotatable bonds is 6. The fourth-order valence-electron chi connectivity index (χ4n) is 3.74. The van der Waals surface area contributed by atoms with Gasteiger partial charge >= 0.3 is 0 Å². The summed E-state index contributed by atoms with van der Waals surface area (Å²) in [5.74, 6) is -0.637. The van der Waals surface area contributed by atoms with Crippen LogP contribution < -0.4 is 15.6 Å². The van der Waals surface area contributed by atoms with Crippen molar-refractivity contribution in [1.82, 2.24) is 10.7 Å². The van der Waals surface area contributed by atoms with Gasteiger partial charge in [0.25, 0.3) is 11.8 Å². The number of amides is 2. The zero-order valence-electron chi connectivity index (χ0n) is 17.6. The van der Waals surface area contributed by atoms with Crippen LogP contribution in [0.15, 0.2) is 59.0 Å². The summed E-state index contributed by atoms with van der Waals surface area (Å²) in [6.07, 6.45) is 3.70. The van der Waals surface area contributed by atoms with Crippen LogP contribution in [0.5, 0.6) is 0 Å². The number of benzene rings is 2. The third-order valence-corrected chi connectivity index (χ3v) is 6.44. The average molecular weight is 435 g/mol. The van der Waals surface area contributed by atoms with E-state index in [0.717, 1.165) is 35.4 Å². The highest BCUT2D eigenvalue weighted by Gasteiger charge is 2.13. The topological polar surface area (TPSA) is 73.8 Å². The van der Waals surface area contributed by atoms with E-state index in [2.05, 4.69) is 26.8 Å². The summed E-state index contributed by atoms with van der Waals surface area (Å²) in [6, 6.07) is 15.6. The summed E-state index contributed by atoms with van der Waals surface area (Å²) in [5, 5.41) is 10.00. The van der Waals surface area contributed by atoms with Crippen molar-refractivity contribution in [3.8, 4) is 0 Å². The van der Waals surface area contributed by atoms with Crippen molar-refractivity contribution in [2.45, 2.75) is 26.2 Å². The van der Waals surface area contributed by atoms with Crippen molar-refractivity contribution in [3.05, 3.63) is 65.0 Å². The van der Waals surface area contributed by atoms with Gasteiger partial charge in [0.2, 0.25) is 0 Å². The molecule has 31 heavy (non-hydrogen) atoms. The molecule has 0 saturated carbocycles. The first kappa shape index (κ1) is 21.1. The molecule has 1 aliphatic rings. The third kappa shape index (κ3) is 5.11. The summed E-state index contributed by atoms with van der Waals surface area (Å²) in [7, 11) is 0. The van der Waals surface area contributed by atoms with Crippen LogP contribution in [0.2, 0.25) is 0 Å². The Kier molecular flexibility index (Phi) is 6.62. The van der Waals surface area contributed by atoms with Gasteiger partial charge in [-0.1, -0.05) is 18.2 Å². The summed E-state index contributed by atoms with van der Waals surface area (Å²) < 4.78 is 1.18. The summed E-state index contributed by atoms with van der Waals surface area (Å²) in [5.41, 5.74) is 5.93. The second kappa shape index (κ2) is 9.75. The quantitative estimate of drug-likeness (QED) is 0.452. The standard InChI is InChI=1S/C24H26N4O2S/c1-17(21-16-31-22-8-4-3-7-20(21)22)26-27-23(29)15-25-24(30)18-9-11-19(12-10-18)28-13-5-2-6-14-28/h3-4,7-12,16H,2,5-6,13-15H2,1H3,(H,25,30)(H,27,29)/b26-17+. The molecule has 6 nitrogen and oxygen atoms in total. The highest BCUT2D eigenvalue weighted by molar-refractivity contribution is 7.17. The molecule has 1 aromatic heterocycles. The Labute approximate surface area is 186 Å². The Morgan fingerprint density at radius 1 is 1.03 bits per heavy atom. The van der Waals surface area contributed by atoms with Gasteiger partial charge in [-0.05, 0) is 56.5 Å². The Hall–Kier alpha value is -3.19. The Morgan fingerprint density at radius 2 is 1.77 bits per heavy atom. The first-order chi connectivity index (χ1) is 15.1. The molecule has 160 valence electrons. The van der Waals surface area contributed by atoms with Gasteiger partial charge in [0.1, 0.15) is 0 Å². The SMILES string of the molecule is C/C(=N\NC(=O)CNC(=O)c1ccc(N2CCCCC2)cc1)c1csc2ccccc12. The van der Waals surface area contributed by atoms with Crippen molar-refractivity contribution in [1.29, 1.82) is 0 Å². The number of carbonyl (C=O) groups is 2. The monoisotopic (exact) mass is 434 g/mol. The summed E-state index contributed by atoms with van der Waals surface area (Å²) in [4.78, 5) is 26.9. The van der Waals surface area contributed by atoms with Crippen LogP contribution in [-0.4, -0.2) is 37.2 Å². The first-order valence-corrected chi connectivity index (χ1v) is 11.4. The number of nitrogens with zero attached hydrogens (tertiary/aromatic N) is 2. The van der Waals surface area contributed by atoms with Crippen molar-refractivity contribution < 1.29 is 9.59 Å². The maximum atomic E-state index is 12.4. The van der Waals surface area contributed by atoms with Crippen LogP contribution in [0.1, 0.15) is 42.1 Å². The highest BCUT2D eigenvalue weighted by Crippen LogP contribution is 2.26. The minimum atomic E-state index is -0.364. The number of fused-ring (bicyclic) bond motifs is 1. The molecule has 3 aromatic rings. The molecule has 0 radical (unpaired) electrons. The van der Waals surface area contributed by atoms with E-state index in [4.69, 9.17) is 0 Å². The molecule has 1 saturated heterocycles. The lowest BCUT2D eigenvalue weighted by Crippen LogP contribution is -2.35. The van der Waals surface area contributed by atoms with E-state index < -0.39 is 0 Å². The van der Waals surface area contributed by atoms with E-state index in [1.807, 2.05) is 42.6 Å². The predicted molar refractivity (Wildman–Crippen MR) is 127 cm³/mol. The molecule has 0 aliphatic carbocycles. The fraction of sp³-hybridized carbons (Fsp3) is 0.292. The van der Waals surface area contributed by atoms with Gasteiger partial charge in [-0.3, -0.25) is 9.59 Å². The van der Waals surface area contributed by atoms with E-state index in [1.54, 1.807) is 23.5 Å². The van der Waals surface area contributed by atoms with Gasteiger partial charge in [0.15, 0.2) is 0 Å². The van der Waals surface area contributed by atoms with Gasteiger partial charge in [0.05, 0.1) is 12.3 Å². The van der Waals surface area contributed by atoms with Crippen LogP contribution >= 0.6 is 11.3 Å². The van der Waals surface area contributed by atoms with E-state index in [0.29, 0.717) is 5.56 Å². The second-order valence-electron chi connectivity index (χ2n) is 7.65. The zero-order valence-corrected chi connectivity index (χ0v) is 18.4. The molecule has 2 aromatic carbocycles. The molecule has 0 atom stereocenters. The molecule has 0 unspecified atom stereocenters. The number of thiophene rings is 1. The van der Waals surface area contributed by atoms with Crippen LogP contribution in [-0.2, 0) is 4.79 Å². The number of anilines is 1. The van der Waals surface area contributed by atoms with Crippen LogP contribution in [0.4, 0.5) is 5.69 Å². The number of nitrogens with one attached hydrogen (secondary N) is 2. The Morgan fingerprint density at radius 3 is 2.55 bits per heavy atom. The van der Waals surface area contributed by atoms with E-state index in [1.165, 1.54) is 24.0 Å². The van der Waals surface area contributed by atoms with Gasteiger partial charge < -0.3 is 10.2 Å². The van der Waals surface area contributed by atoms with Crippen LogP contribution in [0, 0.1) is 0 Å². The lowest BCUT2D eigenvalue weighted by atomic mass is 10.1. The molecule has 1 fully saturated rings. The van der Waals surface area contributed by atoms with Gasteiger partial charge in [-0.25, -0.2) is 5.43 Å². The molecule has 2 heterocycles. The number of hydrazone groups is 1. The van der Waals surface area contributed by atoms with E-state index in [-0.39, 0.29) is 18.4 Å². The maximum absolute atomic E-state index is 12.4. The van der Waals surface area contributed by atoms with E-state index in [9.17, 15) is 9.59 Å². The van der Waals surface area contributed by atoms with Crippen LogP contribution in [0.25, 0.3) is 10.1 Å². The molecule has 2 N–H and O–H groups in total. The molecule has 4 rings (SSSR count). The molecule has 0 spiro atoms. The lowest BCUT2D eigenvalue weighted by molar-refractivity contribution is -0.120. The highest BCUT2D eigenvalue weighted by atomic mass is 32.1. The largest absolute Gasteiger partial charge is 0.372 e. The van der Waals surface area contributed by atoms with E-state index >= 15 is 0 Å². The van der Waals surface area contributed by atoms with Crippen molar-refractivity contribution in [2.24, 2.45) is 5.10 Å². The number of piperidine rings is 1. The molecular formula is C24H26N4O2S. The number of carbonyl (C=O) groups excluding carboxylic acids is 2. The Bertz CT molecular complexity index is 1100. The zero-order chi connectivity index (χ0) is 21.6. The molecule has 1 aliphatic heterocycles. The van der Waals surface area contributed by atoms with Gasteiger partial charge in [-0.2, -0.15) is 5.10 Å². The number of hydrogen-bond donors (Lipinski definition) is 2. The van der Waals surface area contributed by atoms with Crippen molar-refractivity contribution in [3.63, 3.8) is 0 Å². The van der Waals surface area contributed by atoms with Crippen molar-refractivity contribution in [2.75, 3.05) is 24.5 Å². The summed E-state index contributed by atoms with van der Waals surface area (Å²) >= 11 is 1.64.